The first-order valence-corrected chi connectivity index (χ1v) is 11.0. The summed E-state index contributed by atoms with van der Waals surface area (Å²) >= 11 is 0. The Morgan fingerprint density at radius 1 is 1.13 bits per heavy atom. The SMILES string of the molecule is CN(C)CCCC(C)(O)c1ccccc1COc1ccc(CC2=NC(C)(C)CO2)cc1. The summed E-state index contributed by atoms with van der Waals surface area (Å²) < 4.78 is 11.7. The average Bonchev–Trinajstić information content (AvgIpc) is 3.05. The molecular formula is C26H36N2O3. The Hall–Kier alpha value is -2.37. The summed E-state index contributed by atoms with van der Waals surface area (Å²) in [7, 11) is 4.10. The van der Waals surface area contributed by atoms with Crippen molar-refractivity contribution in [3.8, 4) is 5.75 Å². The summed E-state index contributed by atoms with van der Waals surface area (Å²) in [6, 6.07) is 16.1. The van der Waals surface area contributed by atoms with Crippen molar-refractivity contribution in [3.05, 3.63) is 65.2 Å². The number of nitrogens with zero attached hydrogens (tertiary/aromatic N) is 2. The van der Waals surface area contributed by atoms with Crippen LogP contribution < -0.4 is 4.74 Å². The molecule has 1 atom stereocenters. The first kappa shape index (κ1) is 23.3. The molecule has 0 bridgehead atoms. The third-order valence-corrected chi connectivity index (χ3v) is 5.56. The van der Waals surface area contributed by atoms with Gasteiger partial charge in [0.2, 0.25) is 0 Å². The van der Waals surface area contributed by atoms with Crippen molar-refractivity contribution in [3.63, 3.8) is 0 Å². The van der Waals surface area contributed by atoms with Gasteiger partial charge >= 0.3 is 0 Å². The third-order valence-electron chi connectivity index (χ3n) is 5.56. The smallest absolute Gasteiger partial charge is 0.188 e. The van der Waals surface area contributed by atoms with Gasteiger partial charge in [0.25, 0.3) is 0 Å². The summed E-state index contributed by atoms with van der Waals surface area (Å²) in [6.45, 7) is 8.07. The van der Waals surface area contributed by atoms with E-state index in [1.165, 1.54) is 0 Å². The minimum absolute atomic E-state index is 0.126. The highest BCUT2D eigenvalue weighted by atomic mass is 16.5. The second-order valence-corrected chi connectivity index (χ2v) is 9.55. The molecule has 0 aliphatic carbocycles. The number of ether oxygens (including phenoxy) is 2. The molecular weight excluding hydrogens is 388 g/mol. The van der Waals surface area contributed by atoms with Crippen molar-refractivity contribution in [2.75, 3.05) is 27.2 Å². The summed E-state index contributed by atoms with van der Waals surface area (Å²) in [6.07, 6.45) is 2.34. The maximum absolute atomic E-state index is 11.1. The molecule has 1 N–H and O–H groups in total. The van der Waals surface area contributed by atoms with E-state index in [1.807, 2.05) is 43.3 Å². The molecule has 1 heterocycles. The molecule has 0 saturated heterocycles. The van der Waals surface area contributed by atoms with Gasteiger partial charge in [-0.15, -0.1) is 0 Å². The van der Waals surface area contributed by atoms with E-state index in [0.29, 0.717) is 26.1 Å². The zero-order valence-electron chi connectivity index (χ0n) is 19.5. The Balaban J connectivity index is 1.60. The normalized spacial score (nSPS) is 17.2. The molecule has 168 valence electrons. The zero-order valence-corrected chi connectivity index (χ0v) is 19.5. The summed E-state index contributed by atoms with van der Waals surface area (Å²) in [5.74, 6) is 1.60. The minimum atomic E-state index is -0.879. The fourth-order valence-corrected chi connectivity index (χ4v) is 3.84. The second-order valence-electron chi connectivity index (χ2n) is 9.55. The fourth-order valence-electron chi connectivity index (χ4n) is 3.84. The Kier molecular flexibility index (Phi) is 7.39. The van der Waals surface area contributed by atoms with Gasteiger partial charge in [-0.1, -0.05) is 36.4 Å². The summed E-state index contributed by atoms with van der Waals surface area (Å²) in [5.41, 5.74) is 2.09. The standard InChI is InChI=1S/C26H36N2O3/c1-25(2)19-31-24(27-25)17-20-11-13-22(14-12-20)30-18-21-9-6-7-10-23(21)26(3,29)15-8-16-28(4)5/h6-7,9-14,29H,8,15-19H2,1-5H3. The minimum Gasteiger partial charge on any atom is -0.489 e. The lowest BCUT2D eigenvalue weighted by Crippen LogP contribution is -2.25. The predicted molar refractivity (Wildman–Crippen MR) is 126 cm³/mol. The van der Waals surface area contributed by atoms with Gasteiger partial charge in [0.15, 0.2) is 5.90 Å². The molecule has 1 unspecified atom stereocenters. The lowest BCUT2D eigenvalue weighted by atomic mass is 9.87. The van der Waals surface area contributed by atoms with Crippen LogP contribution in [0.2, 0.25) is 0 Å². The molecule has 0 aromatic heterocycles. The van der Waals surface area contributed by atoms with Crippen LogP contribution >= 0.6 is 0 Å². The lowest BCUT2D eigenvalue weighted by molar-refractivity contribution is 0.0418. The molecule has 5 heteroatoms. The van der Waals surface area contributed by atoms with E-state index >= 15 is 0 Å². The van der Waals surface area contributed by atoms with Crippen molar-refractivity contribution in [1.29, 1.82) is 0 Å². The van der Waals surface area contributed by atoms with E-state index in [9.17, 15) is 5.11 Å². The number of hydrogen-bond acceptors (Lipinski definition) is 5. The van der Waals surface area contributed by atoms with Gasteiger partial charge in [0, 0.05) is 6.42 Å². The Morgan fingerprint density at radius 2 is 1.84 bits per heavy atom. The van der Waals surface area contributed by atoms with E-state index in [1.54, 1.807) is 0 Å². The highest BCUT2D eigenvalue weighted by molar-refractivity contribution is 5.80. The van der Waals surface area contributed by atoms with Gasteiger partial charge in [-0.3, -0.25) is 0 Å². The largest absolute Gasteiger partial charge is 0.489 e. The summed E-state index contributed by atoms with van der Waals surface area (Å²) in [5, 5.41) is 11.1. The molecule has 0 saturated carbocycles. The van der Waals surface area contributed by atoms with Crippen molar-refractivity contribution >= 4 is 5.90 Å². The van der Waals surface area contributed by atoms with Crippen LogP contribution in [0.3, 0.4) is 0 Å². The van der Waals surface area contributed by atoms with E-state index in [2.05, 4.69) is 50.0 Å². The van der Waals surface area contributed by atoms with Crippen molar-refractivity contribution in [2.45, 2.75) is 57.8 Å². The maximum atomic E-state index is 11.1. The third kappa shape index (κ3) is 6.81. The average molecular weight is 425 g/mol. The van der Waals surface area contributed by atoms with Crippen LogP contribution in [-0.4, -0.2) is 48.7 Å². The number of rotatable bonds is 10. The second kappa shape index (κ2) is 9.84. The first-order valence-electron chi connectivity index (χ1n) is 11.0. The Labute approximate surface area is 186 Å². The Bertz CT molecular complexity index is 886. The monoisotopic (exact) mass is 424 g/mol. The van der Waals surface area contributed by atoms with E-state index in [0.717, 1.165) is 41.3 Å². The van der Waals surface area contributed by atoms with Crippen LogP contribution in [0, 0.1) is 0 Å². The van der Waals surface area contributed by atoms with Crippen LogP contribution in [0.1, 0.15) is 50.3 Å². The van der Waals surface area contributed by atoms with Crippen LogP contribution in [0.25, 0.3) is 0 Å². The molecule has 1 aliphatic heterocycles. The number of hydrogen-bond donors (Lipinski definition) is 1. The molecule has 0 radical (unpaired) electrons. The molecule has 5 nitrogen and oxygen atoms in total. The number of aliphatic imine (C=N–C) groups is 1. The van der Waals surface area contributed by atoms with Crippen molar-refractivity contribution < 1.29 is 14.6 Å². The van der Waals surface area contributed by atoms with Crippen molar-refractivity contribution in [2.24, 2.45) is 4.99 Å². The fraction of sp³-hybridized carbons (Fsp3) is 0.500. The van der Waals surface area contributed by atoms with Gasteiger partial charge in [-0.2, -0.15) is 0 Å². The van der Waals surface area contributed by atoms with Gasteiger partial charge in [-0.05, 0) is 83.1 Å². The van der Waals surface area contributed by atoms with E-state index in [-0.39, 0.29) is 5.54 Å². The zero-order chi connectivity index (χ0) is 22.5. The quantitative estimate of drug-likeness (QED) is 0.607. The van der Waals surface area contributed by atoms with E-state index in [4.69, 9.17) is 9.47 Å². The van der Waals surface area contributed by atoms with Gasteiger partial charge in [0.1, 0.15) is 19.0 Å². The van der Waals surface area contributed by atoms with Gasteiger partial charge in [-0.25, -0.2) is 4.99 Å². The van der Waals surface area contributed by atoms with E-state index < -0.39 is 5.60 Å². The van der Waals surface area contributed by atoms with Crippen LogP contribution in [-0.2, 0) is 23.4 Å². The summed E-state index contributed by atoms with van der Waals surface area (Å²) in [4.78, 5) is 6.75. The molecule has 1 aliphatic rings. The molecule has 0 spiro atoms. The predicted octanol–water partition coefficient (Wildman–Crippen LogP) is 4.56. The topological polar surface area (TPSA) is 54.3 Å². The molecule has 2 aromatic rings. The number of aliphatic hydroxyl groups is 1. The Morgan fingerprint density at radius 3 is 2.48 bits per heavy atom. The van der Waals surface area contributed by atoms with Gasteiger partial charge < -0.3 is 19.5 Å². The highest BCUT2D eigenvalue weighted by Gasteiger charge is 2.26. The lowest BCUT2D eigenvalue weighted by Gasteiger charge is -2.27. The molecule has 0 amide bonds. The molecule has 0 fully saturated rings. The van der Waals surface area contributed by atoms with Crippen LogP contribution in [0.5, 0.6) is 5.75 Å². The first-order chi connectivity index (χ1) is 14.6. The molecule has 3 rings (SSSR count). The highest BCUT2D eigenvalue weighted by Crippen LogP contribution is 2.30. The molecule has 31 heavy (non-hydrogen) atoms. The number of benzene rings is 2. The molecule has 2 aromatic carbocycles. The van der Waals surface area contributed by atoms with Crippen LogP contribution in [0.4, 0.5) is 0 Å². The maximum Gasteiger partial charge on any atom is 0.188 e. The van der Waals surface area contributed by atoms with Crippen LogP contribution in [0.15, 0.2) is 53.5 Å². The van der Waals surface area contributed by atoms with Crippen molar-refractivity contribution in [1.82, 2.24) is 4.90 Å². The van der Waals surface area contributed by atoms with Gasteiger partial charge in [0.05, 0.1) is 11.1 Å².